The van der Waals surface area contributed by atoms with Crippen molar-refractivity contribution in [2.75, 3.05) is 57.9 Å². The summed E-state index contributed by atoms with van der Waals surface area (Å²) >= 11 is 0. The Morgan fingerprint density at radius 1 is 0.769 bits per heavy atom. The van der Waals surface area contributed by atoms with Gasteiger partial charge in [0.15, 0.2) is 5.41 Å². The molecule has 1 aromatic carbocycles. The number of primary amides is 1. The van der Waals surface area contributed by atoms with Crippen LogP contribution in [-0.4, -0.2) is 156 Å². The van der Waals surface area contributed by atoms with E-state index in [1.165, 1.54) is 50.3 Å². The number of ether oxygens (including phenoxy) is 3. The molecular formula is C39H56N9O16Pt+. The maximum absolute atomic E-state index is 13.0. The maximum atomic E-state index is 13.0. The average molecular weight is 1100 g/mol. The number of amides is 9. The van der Waals surface area contributed by atoms with Gasteiger partial charge < -0.3 is 67.8 Å². The fraction of sp³-hybridized carbons (Fsp3) is 0.487. The van der Waals surface area contributed by atoms with Gasteiger partial charge in [0.05, 0.1) is 45.9 Å². The largest absolute Gasteiger partial charge is 0.480 e. The van der Waals surface area contributed by atoms with Gasteiger partial charge in [-0.05, 0) is 38.0 Å². The first-order valence-electron chi connectivity index (χ1n) is 19.3. The molecule has 1 fully saturated rings. The second-order valence-electron chi connectivity index (χ2n) is 14.1. The first-order chi connectivity index (χ1) is 29.3. The van der Waals surface area contributed by atoms with Crippen molar-refractivity contribution in [3.63, 3.8) is 0 Å². The molecule has 0 spiro atoms. The van der Waals surface area contributed by atoms with Gasteiger partial charge in [-0.1, -0.05) is 12.1 Å². The number of anilines is 1. The Morgan fingerprint density at radius 3 is 1.89 bits per heavy atom. The number of carbonyl (C=O) groups excluding carboxylic acids is 9. The summed E-state index contributed by atoms with van der Waals surface area (Å²) in [7, 11) is 0. The molecule has 2 aliphatic rings. The molecule has 3 atom stereocenters. The Labute approximate surface area is 388 Å². The first kappa shape index (κ1) is 58.6. The van der Waals surface area contributed by atoms with Crippen LogP contribution >= 0.6 is 0 Å². The second kappa shape index (κ2) is 28.4. The maximum Gasteiger partial charge on any atom is 0.410 e. The van der Waals surface area contributed by atoms with Gasteiger partial charge in [-0.25, -0.2) is 4.79 Å². The number of hydrogen-bond acceptors (Lipinski definition) is 15. The van der Waals surface area contributed by atoms with Crippen LogP contribution in [0.3, 0.4) is 0 Å². The van der Waals surface area contributed by atoms with Gasteiger partial charge in [-0.15, -0.1) is 0 Å². The predicted octanol–water partition coefficient (Wildman–Crippen LogP) is -2.04. The minimum Gasteiger partial charge on any atom is -0.480 e. The molecule has 12 N–H and O–H groups in total. The van der Waals surface area contributed by atoms with Crippen molar-refractivity contribution in [1.29, 1.82) is 0 Å². The molecule has 362 valence electrons. The van der Waals surface area contributed by atoms with Crippen LogP contribution in [0.4, 0.5) is 10.5 Å². The summed E-state index contributed by atoms with van der Waals surface area (Å²) in [6, 6.07) is 2.06. The zero-order valence-electron chi connectivity index (χ0n) is 36.0. The van der Waals surface area contributed by atoms with Crippen LogP contribution in [0.5, 0.6) is 0 Å². The summed E-state index contributed by atoms with van der Waals surface area (Å²) < 4.78 is 15.8. The topological polar surface area (TPSA) is 384 Å². The SMILES string of the molecule is CC(NC(=O)CCOCCOCCNC(=O)CCCN1C(=O)C=CC1=O)C(=O)NC(C)C(=O)NC(CC(N)=O)C(=O)Nc1ccc(COC(=O)N2CC(C(=O)O)(C(=O)O)C2)cc1.N.[CH3+].[Pt]. The molecule has 25 nitrogen and oxygen atoms in total. The molecule has 2 aliphatic heterocycles. The van der Waals surface area contributed by atoms with E-state index in [0.29, 0.717) is 12.0 Å². The number of likely N-dealkylation sites (tertiary alicyclic amines) is 1. The van der Waals surface area contributed by atoms with Gasteiger partial charge in [-0.2, -0.15) is 0 Å². The number of carbonyl (C=O) groups is 11. The summed E-state index contributed by atoms with van der Waals surface area (Å²) in [6.45, 7) is 2.24. The van der Waals surface area contributed by atoms with Crippen molar-refractivity contribution < 1.29 is 98.2 Å². The van der Waals surface area contributed by atoms with Crippen molar-refractivity contribution in [1.82, 2.24) is 37.2 Å². The Kier molecular flexibility index (Phi) is 25.6. The van der Waals surface area contributed by atoms with Crippen molar-refractivity contribution in [3.05, 3.63) is 49.4 Å². The van der Waals surface area contributed by atoms with E-state index in [2.05, 4.69) is 26.6 Å². The minimum atomic E-state index is -2.09. The van der Waals surface area contributed by atoms with Crippen LogP contribution < -0.4 is 38.5 Å². The van der Waals surface area contributed by atoms with E-state index in [0.717, 1.165) is 9.80 Å². The van der Waals surface area contributed by atoms with Crippen molar-refractivity contribution >= 4 is 71.0 Å². The molecular weight excluding hydrogens is 1050 g/mol. The number of rotatable bonds is 26. The van der Waals surface area contributed by atoms with Crippen LogP contribution in [0, 0.1) is 12.8 Å². The molecule has 0 bridgehead atoms. The van der Waals surface area contributed by atoms with Gasteiger partial charge in [0, 0.05) is 72.3 Å². The molecule has 0 radical (unpaired) electrons. The third kappa shape index (κ3) is 18.7. The van der Waals surface area contributed by atoms with Crippen molar-refractivity contribution in [3.8, 4) is 0 Å². The number of benzene rings is 1. The third-order valence-electron chi connectivity index (χ3n) is 9.24. The molecule has 0 aliphatic carbocycles. The minimum absolute atomic E-state index is 0. The fourth-order valence-corrected chi connectivity index (χ4v) is 5.62. The van der Waals surface area contributed by atoms with Crippen LogP contribution in [0.2, 0.25) is 0 Å². The smallest absolute Gasteiger partial charge is 0.410 e. The van der Waals surface area contributed by atoms with E-state index in [1.54, 1.807) is 0 Å². The van der Waals surface area contributed by atoms with Crippen molar-refractivity contribution in [2.24, 2.45) is 11.1 Å². The zero-order chi connectivity index (χ0) is 46.0. The van der Waals surface area contributed by atoms with Gasteiger partial charge >= 0.3 is 18.0 Å². The zero-order valence-corrected chi connectivity index (χ0v) is 38.3. The van der Waals surface area contributed by atoms with E-state index in [-0.39, 0.29) is 105 Å². The number of imide groups is 1. The van der Waals surface area contributed by atoms with Crippen molar-refractivity contribution in [2.45, 2.75) is 64.3 Å². The van der Waals surface area contributed by atoms with Crippen LogP contribution in [-0.2, 0) is 89.8 Å². The normalized spacial score (nSPS) is 14.6. The van der Waals surface area contributed by atoms with Gasteiger partial charge in [0.25, 0.3) is 11.8 Å². The van der Waals surface area contributed by atoms with E-state index in [1.807, 2.05) is 0 Å². The molecule has 0 aromatic heterocycles. The number of nitrogens with zero attached hydrogens (tertiary/aromatic N) is 2. The summed E-state index contributed by atoms with van der Waals surface area (Å²) in [5.41, 5.74) is 3.86. The number of aliphatic carboxylic acids is 2. The average Bonchev–Trinajstić information content (AvgIpc) is 3.51. The van der Waals surface area contributed by atoms with E-state index in [4.69, 9.17) is 19.9 Å². The number of carboxylic acids is 2. The predicted molar refractivity (Wildman–Crippen MR) is 221 cm³/mol. The number of nitrogens with two attached hydrogens (primary N) is 1. The molecule has 26 heteroatoms. The van der Waals surface area contributed by atoms with E-state index >= 15 is 0 Å². The summed E-state index contributed by atoms with van der Waals surface area (Å²) in [5.74, 6) is -8.03. The molecule has 3 unspecified atom stereocenters. The molecule has 65 heavy (non-hydrogen) atoms. The molecule has 9 amide bonds. The fourth-order valence-electron chi connectivity index (χ4n) is 5.62. The Hall–Kier alpha value is -6.43. The number of hydrogen-bond donors (Lipinski definition) is 9. The molecule has 1 aromatic rings. The van der Waals surface area contributed by atoms with Crippen LogP contribution in [0.1, 0.15) is 45.1 Å². The standard InChI is InChI=1S/C38H50N8O16.CH3.H3N.Pt/c1-22(41-29(49)11-14-60-16-17-61-15-12-40-28(48)4-3-13-46-30(50)9-10-31(46)51)32(52)42-23(2)33(53)44-26(18-27(39)47)34(54)43-25-7-5-24(6-8-25)19-62-37(59)45-20-38(21-45,35(55)56)36(57)58;;;/h5-10,22-23,26H,3-4,11-21H2,1-2H3,(H2,39,47)(H,40,48)(H,41,49)(H,42,52)(H,43,54)(H,44,53)(H,55,56)(H,57,58);2*1H3;/q;+1;;. The Bertz CT molecular complexity index is 1880. The molecule has 2 heterocycles. The summed E-state index contributed by atoms with van der Waals surface area (Å²) in [4.78, 5) is 134. The quantitative estimate of drug-likeness (QED) is 0.0209. The molecule has 1 saturated heterocycles. The second-order valence-corrected chi connectivity index (χ2v) is 14.1. The number of carboxylic acid groups (broad SMARTS) is 2. The number of nitrogens with one attached hydrogen (secondary N) is 5. The summed E-state index contributed by atoms with van der Waals surface area (Å²) in [5, 5.41) is 30.8. The van der Waals surface area contributed by atoms with Gasteiger partial charge in [0.1, 0.15) is 24.7 Å². The monoisotopic (exact) mass is 1100 g/mol. The van der Waals surface area contributed by atoms with Crippen LogP contribution in [0.15, 0.2) is 36.4 Å². The van der Waals surface area contributed by atoms with Gasteiger partial charge in [-0.3, -0.25) is 52.8 Å². The Morgan fingerprint density at radius 2 is 1.32 bits per heavy atom. The van der Waals surface area contributed by atoms with E-state index < -0.39 is 102 Å². The summed E-state index contributed by atoms with van der Waals surface area (Å²) in [6.07, 6.45) is 1.20. The van der Waals surface area contributed by atoms with Crippen LogP contribution in [0.25, 0.3) is 0 Å². The van der Waals surface area contributed by atoms with Gasteiger partial charge in [0.2, 0.25) is 35.4 Å². The molecule has 0 saturated carbocycles. The Balaban J connectivity index is 0.0000137. The molecule has 3 rings (SSSR count). The first-order valence-corrected chi connectivity index (χ1v) is 19.3. The van der Waals surface area contributed by atoms with E-state index in [9.17, 15) is 63.0 Å². The third-order valence-corrected chi connectivity index (χ3v) is 9.24.